The molecular weight excluding hydrogens is 448 g/mol. The predicted octanol–water partition coefficient (Wildman–Crippen LogP) is 3.94. The van der Waals surface area contributed by atoms with E-state index in [0.29, 0.717) is 24.5 Å². The molecule has 4 rings (SSSR count). The lowest BCUT2D eigenvalue weighted by atomic mass is 9.92. The number of rotatable bonds is 6. The van der Waals surface area contributed by atoms with Crippen LogP contribution >= 0.6 is 0 Å². The van der Waals surface area contributed by atoms with Crippen molar-refractivity contribution < 1.29 is 21.6 Å². The lowest BCUT2D eigenvalue weighted by Crippen LogP contribution is -2.31. The smallest absolute Gasteiger partial charge is 0.265 e. The highest BCUT2D eigenvalue weighted by Crippen LogP contribution is 2.33. The summed E-state index contributed by atoms with van der Waals surface area (Å²) in [7, 11) is -6.02. The Bertz CT molecular complexity index is 1170. The molecule has 9 heteroatoms. The van der Waals surface area contributed by atoms with Crippen molar-refractivity contribution >= 4 is 25.7 Å². The van der Waals surface area contributed by atoms with Gasteiger partial charge in [0.25, 0.3) is 10.0 Å². The third kappa shape index (κ3) is 4.79. The fourth-order valence-corrected chi connectivity index (χ4v) is 7.22. The summed E-state index contributed by atoms with van der Waals surface area (Å²) in [5, 5.41) is 0. The van der Waals surface area contributed by atoms with Crippen LogP contribution in [0.5, 0.6) is 5.75 Å². The van der Waals surface area contributed by atoms with Gasteiger partial charge in [-0.2, -0.15) is 4.31 Å². The molecule has 32 heavy (non-hydrogen) atoms. The zero-order valence-electron chi connectivity index (χ0n) is 18.3. The molecule has 0 bridgehead atoms. The van der Waals surface area contributed by atoms with E-state index in [1.54, 1.807) is 6.07 Å². The molecule has 0 amide bonds. The Morgan fingerprint density at radius 3 is 2.00 bits per heavy atom. The fraction of sp³-hybridized carbons (Fsp3) is 0.478. The molecule has 0 saturated carbocycles. The first-order chi connectivity index (χ1) is 15.3. The predicted molar refractivity (Wildman–Crippen MR) is 124 cm³/mol. The maximum atomic E-state index is 13.1. The van der Waals surface area contributed by atoms with Crippen molar-refractivity contribution in [1.82, 2.24) is 4.31 Å². The van der Waals surface area contributed by atoms with Crippen molar-refractivity contribution in [2.24, 2.45) is 0 Å². The van der Waals surface area contributed by atoms with Gasteiger partial charge in [-0.15, -0.1) is 0 Å². The van der Waals surface area contributed by atoms with Crippen LogP contribution in [-0.4, -0.2) is 41.3 Å². The molecule has 1 N–H and O–H groups in total. The van der Waals surface area contributed by atoms with E-state index < -0.39 is 20.0 Å². The lowest BCUT2D eigenvalue weighted by molar-refractivity contribution is 0.401. The van der Waals surface area contributed by atoms with Crippen LogP contribution in [0.1, 0.15) is 49.7 Å². The van der Waals surface area contributed by atoms with E-state index in [1.807, 2.05) is 6.07 Å². The van der Waals surface area contributed by atoms with Crippen LogP contribution in [0.4, 0.5) is 5.69 Å². The number of ether oxygens (including phenoxy) is 1. The largest absolute Gasteiger partial charge is 0.495 e. The minimum atomic E-state index is -3.90. The van der Waals surface area contributed by atoms with Gasteiger partial charge in [-0.25, -0.2) is 16.8 Å². The molecule has 1 aliphatic carbocycles. The number of fused-ring (bicyclic) bond motifs is 1. The topological polar surface area (TPSA) is 92.8 Å². The molecule has 174 valence electrons. The van der Waals surface area contributed by atoms with Gasteiger partial charge in [0, 0.05) is 18.8 Å². The van der Waals surface area contributed by atoms with E-state index in [0.717, 1.165) is 62.5 Å². The Morgan fingerprint density at radius 1 is 0.812 bits per heavy atom. The molecule has 1 aliphatic heterocycles. The first-order valence-electron chi connectivity index (χ1n) is 11.1. The van der Waals surface area contributed by atoms with E-state index in [2.05, 4.69) is 4.72 Å². The summed E-state index contributed by atoms with van der Waals surface area (Å²) in [6, 6.07) is 9.43. The Balaban J connectivity index is 1.57. The number of nitrogens with one attached hydrogen (secondary N) is 1. The van der Waals surface area contributed by atoms with Crippen LogP contribution in [0.25, 0.3) is 0 Å². The number of hydrogen-bond acceptors (Lipinski definition) is 5. The summed E-state index contributed by atoms with van der Waals surface area (Å²) in [4.78, 5) is 0.274. The molecule has 2 aromatic carbocycles. The highest BCUT2D eigenvalue weighted by atomic mass is 32.2. The van der Waals surface area contributed by atoms with E-state index in [9.17, 15) is 16.8 Å². The molecule has 7 nitrogen and oxygen atoms in total. The standard InChI is InChI=1S/C23H30N2O5S2/c1-30-22-16-18-8-4-5-9-19(18)17-23(22)31(26,27)24-20-10-12-21(13-11-20)32(28,29)25-14-6-2-3-7-15-25/h10-13,16-17,24H,2-9,14-15H2,1H3. The van der Waals surface area contributed by atoms with E-state index in [4.69, 9.17) is 4.74 Å². The van der Waals surface area contributed by atoms with Gasteiger partial charge in [-0.05, 0) is 86.1 Å². The third-order valence-corrected chi connectivity index (χ3v) is 9.54. The van der Waals surface area contributed by atoms with E-state index in [-0.39, 0.29) is 9.79 Å². The summed E-state index contributed by atoms with van der Waals surface area (Å²) in [6.07, 6.45) is 7.71. The number of methoxy groups -OCH3 is 1. The van der Waals surface area contributed by atoms with Crippen molar-refractivity contribution in [3.63, 3.8) is 0 Å². The maximum Gasteiger partial charge on any atom is 0.265 e. The molecule has 0 atom stereocenters. The second-order valence-electron chi connectivity index (χ2n) is 8.43. The SMILES string of the molecule is COc1cc2c(cc1S(=O)(=O)Nc1ccc(S(=O)(=O)N3CCCCCC3)cc1)CCCC2. The van der Waals surface area contributed by atoms with Crippen LogP contribution in [-0.2, 0) is 32.9 Å². The normalized spacial score (nSPS) is 17.9. The molecule has 2 aliphatic rings. The minimum Gasteiger partial charge on any atom is -0.495 e. The van der Waals surface area contributed by atoms with Gasteiger partial charge in [0.15, 0.2) is 0 Å². The second kappa shape index (κ2) is 9.41. The summed E-state index contributed by atoms with van der Waals surface area (Å²) >= 11 is 0. The monoisotopic (exact) mass is 478 g/mol. The highest BCUT2D eigenvalue weighted by Gasteiger charge is 2.26. The fourth-order valence-electron chi connectivity index (χ4n) is 4.45. The van der Waals surface area contributed by atoms with Crippen LogP contribution < -0.4 is 9.46 Å². The first kappa shape index (κ1) is 23.1. The molecule has 0 radical (unpaired) electrons. The molecule has 1 saturated heterocycles. The van der Waals surface area contributed by atoms with Crippen molar-refractivity contribution in [2.45, 2.75) is 61.2 Å². The molecule has 1 heterocycles. The average molecular weight is 479 g/mol. The number of benzene rings is 2. The Hall–Kier alpha value is -2.10. The van der Waals surface area contributed by atoms with E-state index in [1.165, 1.54) is 35.7 Å². The summed E-state index contributed by atoms with van der Waals surface area (Å²) in [6.45, 7) is 1.05. The van der Waals surface area contributed by atoms with Crippen LogP contribution in [0, 0.1) is 0 Å². The lowest BCUT2D eigenvalue weighted by Gasteiger charge is -2.20. The van der Waals surface area contributed by atoms with Gasteiger partial charge >= 0.3 is 0 Å². The van der Waals surface area contributed by atoms with Gasteiger partial charge in [-0.1, -0.05) is 12.8 Å². The Kier molecular flexibility index (Phi) is 6.78. The van der Waals surface area contributed by atoms with Crippen molar-refractivity contribution in [3.05, 3.63) is 47.5 Å². The van der Waals surface area contributed by atoms with Gasteiger partial charge in [0.1, 0.15) is 10.6 Å². The van der Waals surface area contributed by atoms with Crippen molar-refractivity contribution in [1.29, 1.82) is 0 Å². The van der Waals surface area contributed by atoms with Gasteiger partial charge in [-0.3, -0.25) is 4.72 Å². The molecule has 2 aromatic rings. The minimum absolute atomic E-state index is 0.0990. The number of sulfonamides is 2. The summed E-state index contributed by atoms with van der Waals surface area (Å²) in [5.74, 6) is 0.318. The van der Waals surface area contributed by atoms with Crippen LogP contribution in [0.3, 0.4) is 0 Å². The van der Waals surface area contributed by atoms with Gasteiger partial charge < -0.3 is 4.74 Å². The first-order valence-corrected chi connectivity index (χ1v) is 14.1. The Labute approximate surface area is 190 Å². The number of anilines is 1. The molecular formula is C23H30N2O5S2. The van der Waals surface area contributed by atoms with Crippen LogP contribution in [0.2, 0.25) is 0 Å². The Morgan fingerprint density at radius 2 is 1.41 bits per heavy atom. The highest BCUT2D eigenvalue weighted by molar-refractivity contribution is 7.92. The number of hydrogen-bond donors (Lipinski definition) is 1. The van der Waals surface area contributed by atoms with Gasteiger partial charge in [0.05, 0.1) is 12.0 Å². The van der Waals surface area contributed by atoms with Gasteiger partial charge in [0.2, 0.25) is 10.0 Å². The van der Waals surface area contributed by atoms with E-state index >= 15 is 0 Å². The third-order valence-electron chi connectivity index (χ3n) is 6.23. The zero-order chi connectivity index (χ0) is 22.8. The average Bonchev–Trinajstić information content (AvgIpc) is 3.08. The zero-order valence-corrected chi connectivity index (χ0v) is 20.0. The van der Waals surface area contributed by atoms with Crippen molar-refractivity contribution in [3.8, 4) is 5.75 Å². The molecule has 0 aromatic heterocycles. The number of nitrogens with zero attached hydrogens (tertiary/aromatic N) is 1. The quantitative estimate of drug-likeness (QED) is 0.679. The van der Waals surface area contributed by atoms with Crippen LogP contribution in [0.15, 0.2) is 46.2 Å². The number of aryl methyl sites for hydroxylation is 2. The molecule has 1 fully saturated rings. The van der Waals surface area contributed by atoms with Crippen molar-refractivity contribution in [2.75, 3.05) is 24.9 Å². The molecule has 0 unspecified atom stereocenters. The maximum absolute atomic E-state index is 13.1. The summed E-state index contributed by atoms with van der Waals surface area (Å²) < 4.78 is 61.6. The second-order valence-corrected chi connectivity index (χ2v) is 12.0. The summed E-state index contributed by atoms with van der Waals surface area (Å²) in [5.41, 5.74) is 2.48. The molecule has 0 spiro atoms.